The van der Waals surface area contributed by atoms with Crippen LogP contribution in [0.25, 0.3) is 0 Å². The van der Waals surface area contributed by atoms with Crippen LogP contribution >= 0.6 is 0 Å². The number of hydrogen-bond acceptors (Lipinski definition) is 2. The fourth-order valence-electron chi connectivity index (χ4n) is 2.90. The third-order valence-electron chi connectivity index (χ3n) is 4.76. The van der Waals surface area contributed by atoms with E-state index in [9.17, 15) is 4.91 Å². The highest BCUT2D eigenvalue weighted by Gasteiger charge is 2.26. The van der Waals surface area contributed by atoms with Gasteiger partial charge in [0.05, 0.1) is 0 Å². The molecule has 0 rings (SSSR count). The molecule has 0 heterocycles. The minimum Gasteiger partial charge on any atom is -0.150 e. The lowest BCUT2D eigenvalue weighted by Gasteiger charge is -2.22. The molecule has 0 saturated carbocycles. The van der Waals surface area contributed by atoms with Gasteiger partial charge in [-0.15, -0.1) is 0 Å². The molecule has 2 nitrogen and oxygen atoms in total. The molecule has 0 aromatic heterocycles. The maximum atomic E-state index is 11.0. The lowest BCUT2D eigenvalue weighted by Crippen LogP contribution is -2.23. The highest BCUT2D eigenvalue weighted by molar-refractivity contribution is 4.84. The second kappa shape index (κ2) is 13.6. The summed E-state index contributed by atoms with van der Waals surface area (Å²) in [7, 11) is 0. The van der Waals surface area contributed by atoms with Crippen molar-refractivity contribution in [2.24, 2.45) is 5.18 Å². The van der Waals surface area contributed by atoms with Gasteiger partial charge in [-0.25, -0.2) is 0 Å². The molecule has 0 aliphatic rings. The van der Waals surface area contributed by atoms with Gasteiger partial charge in [0.1, 0.15) is 5.54 Å². The average Bonchev–Trinajstić information content (AvgIpc) is 2.49. The largest absolute Gasteiger partial charge is 0.150 e. The number of hydrogen-bond donors (Lipinski definition) is 0. The van der Waals surface area contributed by atoms with Crippen molar-refractivity contribution in [3.05, 3.63) is 4.91 Å². The minimum atomic E-state index is -0.265. The summed E-state index contributed by atoms with van der Waals surface area (Å²) in [5, 5.41) is 3.39. The molecule has 0 atom stereocenters. The summed E-state index contributed by atoms with van der Waals surface area (Å²) in [6.45, 7) is 6.44. The molecular weight excluding hydrogens is 246 g/mol. The average molecular weight is 283 g/mol. The Labute approximate surface area is 127 Å². The minimum absolute atomic E-state index is 0.265. The lowest BCUT2D eigenvalue weighted by atomic mass is 9.88. The van der Waals surface area contributed by atoms with Crippen LogP contribution in [0.4, 0.5) is 0 Å². The normalized spacial score (nSPS) is 11.8. The van der Waals surface area contributed by atoms with Gasteiger partial charge in [-0.05, 0) is 19.3 Å². The van der Waals surface area contributed by atoms with E-state index in [2.05, 4.69) is 25.9 Å². The molecule has 0 radical (unpaired) electrons. The SMILES string of the molecule is CCCCCCCCCCCCCC(CC)(CC)N=O. The van der Waals surface area contributed by atoms with Crippen molar-refractivity contribution in [3.63, 3.8) is 0 Å². The van der Waals surface area contributed by atoms with Crippen molar-refractivity contribution in [1.82, 2.24) is 0 Å². The smallest absolute Gasteiger partial charge is 0.102 e. The van der Waals surface area contributed by atoms with E-state index in [4.69, 9.17) is 0 Å². The third kappa shape index (κ3) is 9.50. The highest BCUT2D eigenvalue weighted by Crippen LogP contribution is 2.27. The van der Waals surface area contributed by atoms with E-state index >= 15 is 0 Å². The van der Waals surface area contributed by atoms with Crippen LogP contribution in [0.2, 0.25) is 0 Å². The van der Waals surface area contributed by atoms with Crippen LogP contribution in [-0.2, 0) is 0 Å². The van der Waals surface area contributed by atoms with Crippen molar-refractivity contribution in [3.8, 4) is 0 Å². The summed E-state index contributed by atoms with van der Waals surface area (Å²) in [6, 6.07) is 0. The van der Waals surface area contributed by atoms with Crippen LogP contribution in [-0.4, -0.2) is 5.54 Å². The van der Waals surface area contributed by atoms with Crippen molar-refractivity contribution in [2.45, 2.75) is 116 Å². The molecule has 120 valence electrons. The molecule has 20 heavy (non-hydrogen) atoms. The molecule has 0 spiro atoms. The molecule has 2 heteroatoms. The molecule has 0 aromatic rings. The second-order valence-electron chi connectivity index (χ2n) is 6.31. The second-order valence-corrected chi connectivity index (χ2v) is 6.31. The van der Waals surface area contributed by atoms with E-state index in [-0.39, 0.29) is 5.54 Å². The molecule has 0 amide bonds. The number of unbranched alkanes of at least 4 members (excludes halogenated alkanes) is 10. The van der Waals surface area contributed by atoms with Gasteiger partial charge in [0.25, 0.3) is 0 Å². The number of nitroso groups, excluding NO2 is 1. The Balaban J connectivity index is 3.34. The Morgan fingerprint density at radius 1 is 0.650 bits per heavy atom. The molecule has 0 N–H and O–H groups in total. The quantitative estimate of drug-likeness (QED) is 0.235. The van der Waals surface area contributed by atoms with Gasteiger partial charge in [0, 0.05) is 0 Å². The van der Waals surface area contributed by atoms with E-state index in [0.29, 0.717) is 0 Å². The van der Waals surface area contributed by atoms with Crippen molar-refractivity contribution < 1.29 is 0 Å². The zero-order valence-electron chi connectivity index (χ0n) is 14.3. The molecule has 0 unspecified atom stereocenters. The molecule has 0 saturated heterocycles. The first kappa shape index (κ1) is 19.6. The van der Waals surface area contributed by atoms with Gasteiger partial charge in [0.2, 0.25) is 0 Å². The summed E-state index contributed by atoms with van der Waals surface area (Å²) >= 11 is 0. The summed E-state index contributed by atoms with van der Waals surface area (Å²) in [5.41, 5.74) is -0.265. The zero-order valence-corrected chi connectivity index (χ0v) is 14.3. The predicted octanol–water partition coefficient (Wildman–Crippen LogP) is 7.01. The Bertz CT molecular complexity index is 211. The summed E-state index contributed by atoms with van der Waals surface area (Å²) in [4.78, 5) is 11.0. The van der Waals surface area contributed by atoms with Gasteiger partial charge < -0.3 is 0 Å². The predicted molar refractivity (Wildman–Crippen MR) is 90.2 cm³/mol. The van der Waals surface area contributed by atoms with Crippen LogP contribution < -0.4 is 0 Å². The first-order valence-electron chi connectivity index (χ1n) is 9.09. The molecule has 0 bridgehead atoms. The maximum Gasteiger partial charge on any atom is 0.102 e. The highest BCUT2D eigenvalue weighted by atomic mass is 16.3. The van der Waals surface area contributed by atoms with E-state index in [1.165, 1.54) is 70.6 Å². The Kier molecular flexibility index (Phi) is 13.3. The zero-order chi connectivity index (χ0) is 15.1. The summed E-state index contributed by atoms with van der Waals surface area (Å²) in [6.07, 6.45) is 17.7. The molecule has 0 aliphatic carbocycles. The van der Waals surface area contributed by atoms with Gasteiger partial charge in [-0.2, -0.15) is 4.91 Å². The molecule has 0 aromatic carbocycles. The van der Waals surface area contributed by atoms with E-state index < -0.39 is 0 Å². The molecule has 0 aliphatic heterocycles. The fourth-order valence-corrected chi connectivity index (χ4v) is 2.90. The van der Waals surface area contributed by atoms with Crippen LogP contribution in [0.3, 0.4) is 0 Å². The first-order chi connectivity index (χ1) is 9.74. The van der Waals surface area contributed by atoms with Crippen LogP contribution in [0, 0.1) is 4.91 Å². The number of rotatable bonds is 15. The topological polar surface area (TPSA) is 29.4 Å². The van der Waals surface area contributed by atoms with Gasteiger partial charge in [0.15, 0.2) is 0 Å². The Morgan fingerprint density at radius 3 is 1.40 bits per heavy atom. The van der Waals surface area contributed by atoms with E-state index in [1.54, 1.807) is 0 Å². The van der Waals surface area contributed by atoms with Crippen LogP contribution in [0.1, 0.15) is 111 Å². The Hall–Kier alpha value is -0.400. The number of nitrogens with zero attached hydrogens (tertiary/aromatic N) is 1. The van der Waals surface area contributed by atoms with Crippen LogP contribution in [0.5, 0.6) is 0 Å². The summed E-state index contributed by atoms with van der Waals surface area (Å²) < 4.78 is 0. The van der Waals surface area contributed by atoms with Gasteiger partial charge in [-0.3, -0.25) is 0 Å². The van der Waals surface area contributed by atoms with E-state index in [0.717, 1.165) is 19.3 Å². The molecule has 0 fully saturated rings. The van der Waals surface area contributed by atoms with Gasteiger partial charge in [-0.1, -0.05) is 96.6 Å². The standard InChI is InChI=1S/C18H37NO/c1-4-7-8-9-10-11-12-13-14-15-16-17-18(5-2,6-3)19-20/h4-17H2,1-3H3. The van der Waals surface area contributed by atoms with Crippen LogP contribution in [0.15, 0.2) is 5.18 Å². The fraction of sp³-hybridized carbons (Fsp3) is 1.00. The molecular formula is C18H37NO. The third-order valence-corrected chi connectivity index (χ3v) is 4.76. The van der Waals surface area contributed by atoms with Crippen molar-refractivity contribution >= 4 is 0 Å². The lowest BCUT2D eigenvalue weighted by molar-refractivity contribution is 0.350. The summed E-state index contributed by atoms with van der Waals surface area (Å²) in [5.74, 6) is 0. The maximum absolute atomic E-state index is 11.0. The first-order valence-corrected chi connectivity index (χ1v) is 9.09. The van der Waals surface area contributed by atoms with E-state index in [1.807, 2.05) is 0 Å². The van der Waals surface area contributed by atoms with Gasteiger partial charge >= 0.3 is 0 Å². The van der Waals surface area contributed by atoms with Crippen molar-refractivity contribution in [2.75, 3.05) is 0 Å². The van der Waals surface area contributed by atoms with Crippen molar-refractivity contribution in [1.29, 1.82) is 0 Å². The Morgan fingerprint density at radius 2 is 1.05 bits per heavy atom. The monoisotopic (exact) mass is 283 g/mol.